The van der Waals surface area contributed by atoms with Crippen molar-refractivity contribution >= 4 is 100 Å². The van der Waals surface area contributed by atoms with E-state index in [-0.39, 0.29) is 165 Å². The van der Waals surface area contributed by atoms with Gasteiger partial charge in [-0.3, -0.25) is 82.7 Å². The second-order valence-electron chi connectivity index (χ2n) is 27.1. The first-order chi connectivity index (χ1) is 52.1. The van der Waals surface area contributed by atoms with E-state index in [9.17, 15) is 82.1 Å². The number of hydrogen-bond acceptors (Lipinski definition) is 23. The zero-order chi connectivity index (χ0) is 80.0. The number of carbonyl (C=O) groups excluding carboxylic acids is 14. The Morgan fingerprint density at radius 1 is 0.505 bits per heavy atom. The molecule has 9 atom stereocenters. The molecular formula is C74H110N14O21. The zero-order valence-corrected chi connectivity index (χ0v) is 62.0. The quantitative estimate of drug-likeness (QED) is 0.0180. The highest BCUT2D eigenvalue weighted by Gasteiger charge is 2.36. The summed E-state index contributed by atoms with van der Waals surface area (Å²) in [6, 6.07) is 0.464. The molecule has 0 aromatic heterocycles. The van der Waals surface area contributed by atoms with E-state index >= 15 is 0 Å². The van der Waals surface area contributed by atoms with E-state index in [1.807, 2.05) is 6.92 Å². The maximum Gasteiger partial charge on any atom is 0.305 e. The molecule has 2 aliphatic rings. The second-order valence-corrected chi connectivity index (χ2v) is 27.1. The third-order valence-corrected chi connectivity index (χ3v) is 18.0. The average molecular weight is 1530 g/mol. The summed E-state index contributed by atoms with van der Waals surface area (Å²) in [4.78, 5) is 204. The van der Waals surface area contributed by atoms with Gasteiger partial charge in [0.25, 0.3) is 6.47 Å². The number of ether oxygens (including phenoxy) is 4. The monoisotopic (exact) mass is 1530 g/mol. The highest BCUT2D eigenvalue weighted by atomic mass is 16.5. The van der Waals surface area contributed by atoms with Crippen molar-refractivity contribution in [1.82, 2.24) is 47.9 Å². The Bertz CT molecular complexity index is 3380. The number of amides is 9. The Labute approximate surface area is 633 Å². The fourth-order valence-electron chi connectivity index (χ4n) is 11.9. The van der Waals surface area contributed by atoms with Gasteiger partial charge in [-0.05, 0) is 88.0 Å². The number of rotatable bonds is 46. The van der Waals surface area contributed by atoms with Gasteiger partial charge in [-0.15, -0.1) is 0 Å². The number of carboxylic acids is 1. The molecule has 2 aromatic carbocycles. The molecule has 0 unspecified atom stereocenters. The third-order valence-electron chi connectivity index (χ3n) is 18.0. The van der Waals surface area contributed by atoms with Gasteiger partial charge in [0.1, 0.15) is 61.0 Å². The van der Waals surface area contributed by atoms with Crippen LogP contribution in [-0.2, 0) is 104 Å². The predicted octanol–water partition coefficient (Wildman–Crippen LogP) is 0.0432. The number of ketones is 4. The summed E-state index contributed by atoms with van der Waals surface area (Å²) in [5, 5.41) is 58.5. The minimum absolute atomic E-state index is 0.00904. The number of carbonyl (C=O) groups is 15. The van der Waals surface area contributed by atoms with E-state index in [2.05, 4.69) is 47.9 Å². The number of nitrogens with one attached hydrogen (secondary N) is 11. The number of hydrogen-bond donors (Lipinski definition) is 16. The number of Topliss-reactive ketones (excluding diaryl/α,β-unsaturated/α-hetero) is 4. The van der Waals surface area contributed by atoms with E-state index in [1.54, 1.807) is 24.3 Å². The molecule has 602 valence electrons. The van der Waals surface area contributed by atoms with Gasteiger partial charge in [-0.2, -0.15) is 0 Å². The first-order valence-electron chi connectivity index (χ1n) is 37.1. The normalized spacial score (nSPS) is 20.4. The number of carboxylic acid groups (broad SMARTS) is 1. The summed E-state index contributed by atoms with van der Waals surface area (Å²) >= 11 is 0. The molecule has 0 aliphatic carbocycles. The van der Waals surface area contributed by atoms with Crippen LogP contribution >= 0.6 is 0 Å². The Hall–Kier alpha value is -10.1. The van der Waals surface area contributed by atoms with Crippen molar-refractivity contribution in [1.29, 1.82) is 10.8 Å². The van der Waals surface area contributed by atoms with Gasteiger partial charge in [-0.25, -0.2) is 0 Å². The number of aryl methyl sites for hydroxylation is 1. The van der Waals surface area contributed by atoms with Crippen molar-refractivity contribution in [3.63, 3.8) is 0 Å². The molecule has 2 heterocycles. The molecule has 2 aromatic rings. The molecule has 2 saturated heterocycles. The SMILES string of the molecule is Cc1ccc(C[C@H]2NC(=O)[C@H](CC(=O)O)NC(=O)CCC(=O)[C@H](CCCCC(=N)N)NC(=O)[C@H](CCCCCC(=O)CC[C@H](NC(=O)COCCOCCOCCN)C(=O)CCCCC[C@@H]3NC(=O)[C@@H](Cc4ccc(O)cc4)NC(=O)[C@H](COC=O)NC(=O)CCC(=O)[C@H](CCCCC(=N)N)NC3=O)NC2=O)cc1. The van der Waals surface area contributed by atoms with Crippen LogP contribution in [0.5, 0.6) is 5.75 Å². The minimum Gasteiger partial charge on any atom is -0.508 e. The van der Waals surface area contributed by atoms with Gasteiger partial charge in [0.05, 0.1) is 69.3 Å². The number of nitrogens with two attached hydrogens (primary N) is 3. The van der Waals surface area contributed by atoms with Gasteiger partial charge < -0.3 is 94.2 Å². The third kappa shape index (κ3) is 38.0. The largest absolute Gasteiger partial charge is 0.508 e. The molecule has 2 fully saturated rings. The van der Waals surface area contributed by atoms with Crippen molar-refractivity contribution < 1.29 is 101 Å². The maximum atomic E-state index is 14.4. The number of phenolic OH excluding ortho intramolecular Hbond substituents is 1. The molecular weight excluding hydrogens is 1420 g/mol. The van der Waals surface area contributed by atoms with Gasteiger partial charge in [-0.1, -0.05) is 80.5 Å². The number of unbranched alkanes of at least 4 members (excludes halogenated alkanes) is 6. The van der Waals surface area contributed by atoms with Crippen LogP contribution in [0.15, 0.2) is 48.5 Å². The first kappa shape index (κ1) is 91.3. The highest BCUT2D eigenvalue weighted by Crippen LogP contribution is 2.19. The number of benzene rings is 2. The molecule has 4 rings (SSSR count). The van der Waals surface area contributed by atoms with Crippen molar-refractivity contribution in [3.8, 4) is 5.75 Å². The second kappa shape index (κ2) is 51.2. The topological polar surface area (TPSA) is 567 Å². The molecule has 0 bridgehead atoms. The predicted molar refractivity (Wildman–Crippen MR) is 395 cm³/mol. The van der Waals surface area contributed by atoms with E-state index in [1.165, 1.54) is 24.3 Å². The summed E-state index contributed by atoms with van der Waals surface area (Å²) in [5.74, 6) is -11.0. The molecule has 0 spiro atoms. The van der Waals surface area contributed by atoms with Gasteiger partial charge in [0.2, 0.25) is 53.2 Å². The number of aliphatic carboxylic acids is 1. The van der Waals surface area contributed by atoms with Crippen molar-refractivity contribution in [2.24, 2.45) is 17.2 Å². The van der Waals surface area contributed by atoms with Crippen LogP contribution < -0.4 is 65.1 Å². The molecule has 109 heavy (non-hydrogen) atoms. The Kier molecular flexibility index (Phi) is 42.9. The minimum atomic E-state index is -1.65. The van der Waals surface area contributed by atoms with Crippen molar-refractivity contribution in [3.05, 3.63) is 65.2 Å². The Morgan fingerprint density at radius 2 is 0.917 bits per heavy atom. The van der Waals surface area contributed by atoms with Gasteiger partial charge in [0, 0.05) is 77.2 Å². The lowest BCUT2D eigenvalue weighted by Gasteiger charge is -2.26. The van der Waals surface area contributed by atoms with E-state index in [0.717, 1.165) is 5.56 Å². The van der Waals surface area contributed by atoms with E-state index in [0.29, 0.717) is 56.4 Å². The van der Waals surface area contributed by atoms with Crippen LogP contribution in [0, 0.1) is 17.7 Å². The van der Waals surface area contributed by atoms with Gasteiger partial charge >= 0.3 is 5.97 Å². The van der Waals surface area contributed by atoms with Crippen LogP contribution in [0.25, 0.3) is 0 Å². The molecule has 35 nitrogen and oxygen atoms in total. The lowest BCUT2D eigenvalue weighted by Crippen LogP contribution is -2.58. The lowest BCUT2D eigenvalue weighted by atomic mass is 9.97. The van der Waals surface area contributed by atoms with Gasteiger partial charge in [0.15, 0.2) is 17.3 Å². The molecule has 2 aliphatic heterocycles. The summed E-state index contributed by atoms with van der Waals surface area (Å²) < 4.78 is 21.1. The molecule has 9 amide bonds. The number of phenols is 1. The Balaban J connectivity index is 1.53. The fourth-order valence-corrected chi connectivity index (χ4v) is 11.9. The molecule has 0 saturated carbocycles. The summed E-state index contributed by atoms with van der Waals surface area (Å²) in [6.45, 7) is 2.13. The summed E-state index contributed by atoms with van der Waals surface area (Å²) in [6.07, 6.45) is -0.0789. The number of aromatic hydroxyl groups is 1. The highest BCUT2D eigenvalue weighted by molar-refractivity contribution is 6.00. The summed E-state index contributed by atoms with van der Waals surface area (Å²) in [7, 11) is 0. The number of amidine groups is 2. The molecule has 19 N–H and O–H groups in total. The zero-order valence-electron chi connectivity index (χ0n) is 62.0. The summed E-state index contributed by atoms with van der Waals surface area (Å²) in [5.41, 5.74) is 18.5. The van der Waals surface area contributed by atoms with Crippen molar-refractivity contribution in [2.75, 3.05) is 52.8 Å². The van der Waals surface area contributed by atoms with E-state index in [4.69, 9.17) is 47.0 Å². The Morgan fingerprint density at radius 3 is 1.41 bits per heavy atom. The van der Waals surface area contributed by atoms with Crippen LogP contribution in [0.1, 0.15) is 177 Å². The first-order valence-corrected chi connectivity index (χ1v) is 37.1. The average Bonchev–Trinajstić information content (AvgIpc) is 1.76. The van der Waals surface area contributed by atoms with Crippen molar-refractivity contribution in [2.45, 2.75) is 235 Å². The van der Waals surface area contributed by atoms with E-state index < -0.39 is 176 Å². The smallest absolute Gasteiger partial charge is 0.305 e. The van der Waals surface area contributed by atoms with Crippen LogP contribution in [0.4, 0.5) is 0 Å². The fraction of sp³-hybridized carbons (Fsp3) is 0.608. The lowest BCUT2D eigenvalue weighted by molar-refractivity contribution is -0.141. The molecule has 35 heteroatoms. The van der Waals surface area contributed by atoms with Crippen LogP contribution in [0.3, 0.4) is 0 Å². The maximum absolute atomic E-state index is 14.4. The van der Waals surface area contributed by atoms with Crippen LogP contribution in [0.2, 0.25) is 0 Å². The molecule has 0 radical (unpaired) electrons. The van der Waals surface area contributed by atoms with Crippen LogP contribution in [-0.4, -0.2) is 218 Å². The standard InChI is InChI=1S/C74H110N14O21/c1-46-20-22-47(23-21-46)40-56-71(102)85-54(69(100)83-51(13-8-10-18-63(76)77)61(93)30-32-65(95)81-58(42-68(98)99)73(104)87-56)15-5-2-4-12-49(90)28-29-53(80-67(97)44-108-39-38-107-37-36-106-35-34-75)60(92)17-7-3-6-16-55-70(101)84-52(14-9-11-19-64(78)79)62(94)31-33-66(96)82-59(43-109-45-89)74(105)88-57(72(103)86-55)41-48-24-26-50(91)27-25-48/h20-27,45,51-59,91H,2-19,28-44,75H2,1H3,(H3,76,77)(H3,78,79)(H,80,97)(H,81,95)(H,82,96)(H,83,100)(H,84,101)(H,85,102)(H,86,103)(H,87,104)(H,88,105)(H,98,99)/t51-,52-,53-,54-,55-,56+,57+,58-,59-/m0/s1.